The molecule has 28 heavy (non-hydrogen) atoms. The molecule has 0 atom stereocenters. The molecule has 4 rings (SSSR count). The quantitative estimate of drug-likeness (QED) is 0.476. The third kappa shape index (κ3) is 3.82. The van der Waals surface area contributed by atoms with Gasteiger partial charge in [-0.1, -0.05) is 48.0 Å². The Morgan fingerprint density at radius 2 is 1.68 bits per heavy atom. The number of aryl methyl sites for hydroxylation is 1. The fourth-order valence-corrected chi connectivity index (χ4v) is 2.98. The molecule has 0 aliphatic carbocycles. The van der Waals surface area contributed by atoms with Crippen LogP contribution in [0.5, 0.6) is 0 Å². The minimum absolute atomic E-state index is 0.243. The van der Waals surface area contributed by atoms with Crippen molar-refractivity contribution in [3.63, 3.8) is 0 Å². The Morgan fingerprint density at radius 3 is 2.46 bits per heavy atom. The zero-order chi connectivity index (χ0) is 19.5. The van der Waals surface area contributed by atoms with Crippen molar-refractivity contribution < 1.29 is 9.21 Å². The van der Waals surface area contributed by atoms with Gasteiger partial charge in [-0.2, -0.15) is 0 Å². The summed E-state index contributed by atoms with van der Waals surface area (Å²) in [4.78, 5) is 17.6. The number of carbonyl (C=O) groups is 1. The molecule has 0 fully saturated rings. The Kier molecular flexibility index (Phi) is 4.96. The molecule has 0 aliphatic rings. The zero-order valence-corrected chi connectivity index (χ0v) is 15.9. The third-order valence-electron chi connectivity index (χ3n) is 4.35. The van der Waals surface area contributed by atoms with Crippen LogP contribution in [-0.4, -0.2) is 5.91 Å². The van der Waals surface area contributed by atoms with Crippen LogP contribution in [-0.2, 0) is 0 Å². The van der Waals surface area contributed by atoms with Crippen molar-refractivity contribution in [1.82, 2.24) is 0 Å². The van der Waals surface area contributed by atoms with Crippen LogP contribution in [0, 0.1) is 6.92 Å². The van der Waals surface area contributed by atoms with E-state index in [1.807, 2.05) is 55.5 Å². The van der Waals surface area contributed by atoms with E-state index < -0.39 is 0 Å². The number of hydrogen-bond donors (Lipinski definition) is 1. The monoisotopic (exact) mass is 388 g/mol. The van der Waals surface area contributed by atoms with Crippen molar-refractivity contribution in [3.8, 4) is 0 Å². The Bertz CT molecular complexity index is 1230. The Morgan fingerprint density at radius 1 is 0.964 bits per heavy atom. The predicted molar refractivity (Wildman–Crippen MR) is 112 cm³/mol. The van der Waals surface area contributed by atoms with Crippen molar-refractivity contribution in [2.45, 2.75) is 6.92 Å². The molecule has 0 saturated carbocycles. The van der Waals surface area contributed by atoms with Gasteiger partial charge in [-0.25, -0.2) is 4.99 Å². The molecule has 1 N–H and O–H groups in total. The average molecular weight is 389 g/mol. The summed E-state index contributed by atoms with van der Waals surface area (Å²) in [5.41, 5.74) is 3.63. The number of halogens is 1. The highest BCUT2D eigenvalue weighted by Crippen LogP contribution is 2.19. The molecule has 1 amide bonds. The number of amides is 1. The lowest BCUT2D eigenvalue weighted by molar-refractivity contribution is 0.102. The molecule has 1 heterocycles. The molecule has 0 spiro atoms. The van der Waals surface area contributed by atoms with Crippen LogP contribution in [0.1, 0.15) is 15.9 Å². The van der Waals surface area contributed by atoms with Crippen LogP contribution < -0.4 is 10.9 Å². The molecular weight excluding hydrogens is 372 g/mol. The van der Waals surface area contributed by atoms with E-state index in [-0.39, 0.29) is 11.5 Å². The molecule has 0 bridgehead atoms. The lowest BCUT2D eigenvalue weighted by Gasteiger charge is -2.09. The maximum atomic E-state index is 13.0. The number of nitrogens with zero attached hydrogens (tertiary/aromatic N) is 1. The number of carbonyl (C=O) groups excluding carboxylic acids is 1. The standard InChI is InChI=1S/C23H17ClN2O2/c1-15-6-2-4-8-20(15)26-22(27)19-14-16-7-3-5-9-21(16)28-23(19)25-18-12-10-17(24)11-13-18/h2-14H,1H3,(H,26,27). The Hall–Kier alpha value is -3.37. The maximum Gasteiger partial charge on any atom is 0.261 e. The van der Waals surface area contributed by atoms with Gasteiger partial charge in [0.05, 0.1) is 5.69 Å². The zero-order valence-electron chi connectivity index (χ0n) is 15.1. The summed E-state index contributed by atoms with van der Waals surface area (Å²) in [5, 5.41) is 4.39. The number of para-hydroxylation sites is 2. The maximum absolute atomic E-state index is 13.0. The van der Waals surface area contributed by atoms with Crippen LogP contribution in [0.3, 0.4) is 0 Å². The number of benzene rings is 3. The van der Waals surface area contributed by atoms with Gasteiger partial charge in [0.15, 0.2) is 0 Å². The number of nitrogens with one attached hydrogen (secondary N) is 1. The smallest absolute Gasteiger partial charge is 0.261 e. The van der Waals surface area contributed by atoms with Crippen molar-refractivity contribution in [2.24, 2.45) is 4.99 Å². The lowest BCUT2D eigenvalue weighted by atomic mass is 10.1. The van der Waals surface area contributed by atoms with Gasteiger partial charge >= 0.3 is 0 Å². The first-order valence-corrected chi connectivity index (χ1v) is 9.18. The molecule has 4 nitrogen and oxygen atoms in total. The van der Waals surface area contributed by atoms with E-state index in [9.17, 15) is 4.79 Å². The van der Waals surface area contributed by atoms with Crippen LogP contribution >= 0.6 is 11.6 Å². The Labute approximate surface area is 167 Å². The summed E-state index contributed by atoms with van der Waals surface area (Å²) in [6.07, 6.45) is 0. The average Bonchev–Trinajstić information content (AvgIpc) is 2.71. The molecular formula is C23H17ClN2O2. The van der Waals surface area contributed by atoms with Gasteiger partial charge in [-0.3, -0.25) is 4.79 Å². The summed E-state index contributed by atoms with van der Waals surface area (Å²) in [6, 6.07) is 24.0. The lowest BCUT2D eigenvalue weighted by Crippen LogP contribution is -2.22. The summed E-state index contributed by atoms with van der Waals surface area (Å²) < 4.78 is 5.96. The predicted octanol–water partition coefficient (Wildman–Crippen LogP) is 5.88. The van der Waals surface area contributed by atoms with E-state index >= 15 is 0 Å². The van der Waals surface area contributed by atoms with E-state index in [0.29, 0.717) is 21.9 Å². The second-order valence-electron chi connectivity index (χ2n) is 6.36. The second-order valence-corrected chi connectivity index (χ2v) is 6.80. The van der Waals surface area contributed by atoms with Crippen LogP contribution in [0.25, 0.3) is 11.0 Å². The van der Waals surface area contributed by atoms with E-state index in [2.05, 4.69) is 10.3 Å². The Balaban J connectivity index is 1.84. The van der Waals surface area contributed by atoms with Crippen molar-refractivity contribution >= 4 is 39.9 Å². The molecule has 0 unspecified atom stereocenters. The SMILES string of the molecule is Cc1ccccc1NC(=O)c1cc2ccccc2oc1=Nc1ccc(Cl)cc1. The highest BCUT2D eigenvalue weighted by Gasteiger charge is 2.14. The molecule has 4 aromatic rings. The molecule has 3 aromatic carbocycles. The minimum Gasteiger partial charge on any atom is -0.438 e. The van der Waals surface area contributed by atoms with Crippen LogP contribution in [0.4, 0.5) is 11.4 Å². The molecule has 5 heteroatoms. The first-order valence-electron chi connectivity index (χ1n) is 8.80. The van der Waals surface area contributed by atoms with E-state index in [0.717, 1.165) is 16.6 Å². The topological polar surface area (TPSA) is 54.6 Å². The molecule has 0 radical (unpaired) electrons. The highest BCUT2D eigenvalue weighted by molar-refractivity contribution is 6.30. The van der Waals surface area contributed by atoms with Gasteiger partial charge in [0.2, 0.25) is 5.55 Å². The summed E-state index contributed by atoms with van der Waals surface area (Å²) >= 11 is 5.95. The number of fused-ring (bicyclic) bond motifs is 1. The first-order chi connectivity index (χ1) is 13.6. The number of hydrogen-bond acceptors (Lipinski definition) is 3. The fraction of sp³-hybridized carbons (Fsp3) is 0.0435. The molecule has 1 aromatic heterocycles. The molecule has 0 aliphatic heterocycles. The number of anilines is 1. The summed E-state index contributed by atoms with van der Waals surface area (Å²) in [5.74, 6) is -0.281. The minimum atomic E-state index is -0.281. The van der Waals surface area contributed by atoms with Crippen molar-refractivity contribution in [3.05, 3.63) is 101 Å². The van der Waals surface area contributed by atoms with Crippen molar-refractivity contribution in [1.29, 1.82) is 0 Å². The summed E-state index contributed by atoms with van der Waals surface area (Å²) in [7, 11) is 0. The van der Waals surface area contributed by atoms with Crippen LogP contribution in [0.2, 0.25) is 5.02 Å². The van der Waals surface area contributed by atoms with E-state index in [4.69, 9.17) is 16.0 Å². The van der Waals surface area contributed by atoms with Crippen molar-refractivity contribution in [2.75, 3.05) is 5.32 Å². The fourth-order valence-electron chi connectivity index (χ4n) is 2.85. The highest BCUT2D eigenvalue weighted by atomic mass is 35.5. The van der Waals surface area contributed by atoms with Gasteiger partial charge in [0, 0.05) is 16.1 Å². The van der Waals surface area contributed by atoms with Crippen LogP contribution in [0.15, 0.2) is 88.3 Å². The van der Waals surface area contributed by atoms with Gasteiger partial charge in [0.1, 0.15) is 11.1 Å². The van der Waals surface area contributed by atoms with Gasteiger partial charge < -0.3 is 9.73 Å². The summed E-state index contributed by atoms with van der Waals surface area (Å²) in [6.45, 7) is 1.94. The largest absolute Gasteiger partial charge is 0.438 e. The van der Waals surface area contributed by atoms with Gasteiger partial charge in [-0.15, -0.1) is 0 Å². The molecule has 0 saturated heterocycles. The van der Waals surface area contributed by atoms with Gasteiger partial charge in [-0.05, 0) is 55.0 Å². The normalized spacial score (nSPS) is 11.6. The van der Waals surface area contributed by atoms with E-state index in [1.54, 1.807) is 30.3 Å². The third-order valence-corrected chi connectivity index (χ3v) is 4.60. The van der Waals surface area contributed by atoms with E-state index in [1.165, 1.54) is 0 Å². The number of rotatable bonds is 3. The van der Waals surface area contributed by atoms with Gasteiger partial charge in [0.25, 0.3) is 5.91 Å². The second kappa shape index (κ2) is 7.71. The first kappa shape index (κ1) is 18.0. The molecule has 138 valence electrons.